The van der Waals surface area contributed by atoms with E-state index in [2.05, 4.69) is 19.2 Å². The van der Waals surface area contributed by atoms with Gasteiger partial charge in [-0.05, 0) is 25.5 Å². The molecule has 0 bridgehead atoms. The molecule has 1 rings (SSSR count). The molecule has 1 aromatic rings. The third kappa shape index (κ3) is 13.3. The van der Waals surface area contributed by atoms with Crippen LogP contribution >= 0.6 is 0 Å². The van der Waals surface area contributed by atoms with Gasteiger partial charge < -0.3 is 25.0 Å². The van der Waals surface area contributed by atoms with Crippen molar-refractivity contribution in [3.8, 4) is 5.75 Å². The van der Waals surface area contributed by atoms with Crippen LogP contribution in [0.2, 0.25) is 0 Å². The van der Waals surface area contributed by atoms with Crippen molar-refractivity contribution in [1.82, 2.24) is 5.32 Å². The lowest BCUT2D eigenvalue weighted by atomic mass is 10.3. The van der Waals surface area contributed by atoms with E-state index in [0.29, 0.717) is 19.3 Å². The van der Waals surface area contributed by atoms with Crippen LogP contribution in [0.3, 0.4) is 0 Å². The molecule has 0 saturated carbocycles. The van der Waals surface area contributed by atoms with Crippen molar-refractivity contribution in [3.05, 3.63) is 30.3 Å². The van der Waals surface area contributed by atoms with Gasteiger partial charge >= 0.3 is 11.9 Å². The first kappa shape index (κ1) is 20.9. The van der Waals surface area contributed by atoms with Crippen LogP contribution < -0.4 is 10.1 Å². The Morgan fingerprint density at radius 2 is 1.70 bits per heavy atom. The van der Waals surface area contributed by atoms with Crippen molar-refractivity contribution < 1.29 is 29.3 Å². The molecule has 7 nitrogen and oxygen atoms in total. The monoisotopic (exact) mass is 327 g/mol. The van der Waals surface area contributed by atoms with Gasteiger partial charge in [0.25, 0.3) is 0 Å². The Hall–Kier alpha value is -2.12. The van der Waals surface area contributed by atoms with Gasteiger partial charge in [-0.15, -0.1) is 0 Å². The summed E-state index contributed by atoms with van der Waals surface area (Å²) < 4.78 is 11.0. The lowest BCUT2D eigenvalue weighted by Gasteiger charge is -2.11. The number of ether oxygens (including phenoxy) is 2. The van der Waals surface area contributed by atoms with Gasteiger partial charge in [0.2, 0.25) is 0 Å². The second-order valence-corrected chi connectivity index (χ2v) is 4.65. The van der Waals surface area contributed by atoms with E-state index < -0.39 is 11.9 Å². The smallest absolute Gasteiger partial charge is 0.414 e. The Balaban J connectivity index is 0.000000688. The van der Waals surface area contributed by atoms with Crippen LogP contribution in [0.1, 0.15) is 20.3 Å². The Morgan fingerprint density at radius 1 is 1.09 bits per heavy atom. The lowest BCUT2D eigenvalue weighted by molar-refractivity contribution is -0.159. The molecule has 3 N–H and O–H groups in total. The SMILES string of the molecule is CCC(C)NCCOCCOc1ccccc1.O=C(O)C(=O)O. The number of carbonyl (C=O) groups is 2. The number of para-hydroxylation sites is 1. The van der Waals surface area contributed by atoms with E-state index in [-0.39, 0.29) is 0 Å². The third-order valence-corrected chi connectivity index (χ3v) is 2.77. The molecule has 7 heteroatoms. The number of rotatable bonds is 9. The number of nitrogens with one attached hydrogen (secondary N) is 1. The summed E-state index contributed by atoms with van der Waals surface area (Å²) in [6.07, 6.45) is 1.15. The van der Waals surface area contributed by atoms with Crippen LogP contribution in [0.5, 0.6) is 5.75 Å². The standard InChI is InChI=1S/C14H23NO2.C2H2O4/c1-3-13(2)15-9-10-16-11-12-17-14-7-5-4-6-8-14;3-1(4)2(5)6/h4-8,13,15H,3,9-12H2,1-2H3;(H,3,4)(H,5,6). The average Bonchev–Trinajstić information content (AvgIpc) is 2.55. The quantitative estimate of drug-likeness (QED) is 0.467. The van der Waals surface area contributed by atoms with Crippen molar-refractivity contribution in [2.45, 2.75) is 26.3 Å². The van der Waals surface area contributed by atoms with E-state index in [9.17, 15) is 0 Å². The minimum Gasteiger partial charge on any atom is -0.491 e. The number of hydrogen-bond acceptors (Lipinski definition) is 5. The van der Waals surface area contributed by atoms with E-state index in [1.807, 2.05) is 30.3 Å². The minimum atomic E-state index is -1.82. The van der Waals surface area contributed by atoms with Crippen molar-refractivity contribution in [3.63, 3.8) is 0 Å². The molecule has 0 aromatic heterocycles. The summed E-state index contributed by atoms with van der Waals surface area (Å²) in [5.41, 5.74) is 0. The van der Waals surface area contributed by atoms with Crippen molar-refractivity contribution >= 4 is 11.9 Å². The van der Waals surface area contributed by atoms with Gasteiger partial charge in [0.15, 0.2) is 0 Å². The predicted octanol–water partition coefficient (Wildman–Crippen LogP) is 1.63. The molecule has 0 aliphatic rings. The molecule has 1 atom stereocenters. The summed E-state index contributed by atoms with van der Waals surface area (Å²) in [4.78, 5) is 18.2. The van der Waals surface area contributed by atoms with Crippen LogP contribution in [0.25, 0.3) is 0 Å². The number of aliphatic carboxylic acids is 2. The molecule has 0 amide bonds. The van der Waals surface area contributed by atoms with E-state index in [0.717, 1.165) is 25.3 Å². The fourth-order valence-electron chi connectivity index (χ4n) is 1.36. The summed E-state index contributed by atoms with van der Waals surface area (Å²) in [5.74, 6) is -2.75. The fraction of sp³-hybridized carbons (Fsp3) is 0.500. The van der Waals surface area contributed by atoms with Gasteiger partial charge in [0.05, 0.1) is 13.2 Å². The molecule has 0 fully saturated rings. The second-order valence-electron chi connectivity index (χ2n) is 4.65. The van der Waals surface area contributed by atoms with E-state index >= 15 is 0 Å². The molecule has 0 heterocycles. The number of hydrogen-bond donors (Lipinski definition) is 3. The maximum Gasteiger partial charge on any atom is 0.414 e. The van der Waals surface area contributed by atoms with Gasteiger partial charge in [-0.2, -0.15) is 0 Å². The Bertz CT molecular complexity index is 425. The molecule has 1 unspecified atom stereocenters. The van der Waals surface area contributed by atoms with Crippen LogP contribution in [-0.2, 0) is 14.3 Å². The van der Waals surface area contributed by atoms with Gasteiger partial charge in [-0.1, -0.05) is 25.1 Å². The maximum atomic E-state index is 9.10. The largest absolute Gasteiger partial charge is 0.491 e. The molecule has 1 aromatic carbocycles. The zero-order chi connectivity index (χ0) is 17.5. The van der Waals surface area contributed by atoms with Crippen LogP contribution in [0.4, 0.5) is 0 Å². The van der Waals surface area contributed by atoms with E-state index in [4.69, 9.17) is 29.3 Å². The number of benzene rings is 1. The van der Waals surface area contributed by atoms with Gasteiger partial charge in [0, 0.05) is 12.6 Å². The first-order chi connectivity index (χ1) is 11.0. The average molecular weight is 327 g/mol. The molecule has 0 aliphatic carbocycles. The fourth-order valence-corrected chi connectivity index (χ4v) is 1.36. The first-order valence-electron chi connectivity index (χ1n) is 7.42. The first-order valence-corrected chi connectivity index (χ1v) is 7.42. The Morgan fingerprint density at radius 3 is 2.22 bits per heavy atom. The maximum absolute atomic E-state index is 9.10. The molecule has 0 spiro atoms. The molecule has 130 valence electrons. The Kier molecular flexibility index (Phi) is 12.3. The van der Waals surface area contributed by atoms with Crippen molar-refractivity contribution in [2.24, 2.45) is 0 Å². The topological polar surface area (TPSA) is 105 Å². The predicted molar refractivity (Wildman–Crippen MR) is 85.8 cm³/mol. The molecule has 0 aliphatic heterocycles. The summed E-state index contributed by atoms with van der Waals surface area (Å²) in [6.45, 7) is 7.23. The third-order valence-electron chi connectivity index (χ3n) is 2.77. The molecule has 0 saturated heterocycles. The highest BCUT2D eigenvalue weighted by molar-refractivity contribution is 6.27. The summed E-state index contributed by atoms with van der Waals surface area (Å²) in [6, 6.07) is 10.4. The van der Waals surface area contributed by atoms with Crippen LogP contribution in [-0.4, -0.2) is 54.6 Å². The molecular weight excluding hydrogens is 302 g/mol. The second kappa shape index (κ2) is 13.5. The normalized spacial score (nSPS) is 11.0. The molecular formula is C16H25NO6. The zero-order valence-corrected chi connectivity index (χ0v) is 13.5. The summed E-state index contributed by atoms with van der Waals surface area (Å²) >= 11 is 0. The van der Waals surface area contributed by atoms with Crippen molar-refractivity contribution in [2.75, 3.05) is 26.4 Å². The van der Waals surface area contributed by atoms with E-state index in [1.54, 1.807) is 0 Å². The van der Waals surface area contributed by atoms with Crippen molar-refractivity contribution in [1.29, 1.82) is 0 Å². The lowest BCUT2D eigenvalue weighted by Crippen LogP contribution is -2.29. The van der Waals surface area contributed by atoms with E-state index in [1.165, 1.54) is 0 Å². The number of carboxylic acid groups (broad SMARTS) is 2. The van der Waals surface area contributed by atoms with Crippen LogP contribution in [0.15, 0.2) is 30.3 Å². The Labute approximate surface area is 136 Å². The van der Waals surface area contributed by atoms with Crippen LogP contribution in [0, 0.1) is 0 Å². The van der Waals surface area contributed by atoms with Gasteiger partial charge in [-0.3, -0.25) is 0 Å². The minimum absolute atomic E-state index is 0.569. The molecule has 0 radical (unpaired) electrons. The van der Waals surface area contributed by atoms with Gasteiger partial charge in [0.1, 0.15) is 12.4 Å². The zero-order valence-electron chi connectivity index (χ0n) is 13.5. The summed E-state index contributed by atoms with van der Waals surface area (Å²) in [7, 11) is 0. The van der Waals surface area contributed by atoms with Gasteiger partial charge in [-0.25, -0.2) is 9.59 Å². The summed E-state index contributed by atoms with van der Waals surface area (Å²) in [5, 5.41) is 18.2. The highest BCUT2D eigenvalue weighted by Gasteiger charge is 2.04. The highest BCUT2D eigenvalue weighted by Crippen LogP contribution is 2.07. The highest BCUT2D eigenvalue weighted by atomic mass is 16.5. The number of carboxylic acids is 2. The molecule has 23 heavy (non-hydrogen) atoms.